The Morgan fingerprint density at radius 3 is 2.40 bits per heavy atom. The van der Waals surface area contributed by atoms with Crippen LogP contribution in [-0.2, 0) is 6.54 Å². The summed E-state index contributed by atoms with van der Waals surface area (Å²) in [7, 11) is 1.63. The molecule has 0 heterocycles. The Bertz CT molecular complexity index is 603. The van der Waals surface area contributed by atoms with E-state index in [1.807, 2.05) is 24.3 Å². The number of carbonyl (C=O) groups is 1. The highest BCUT2D eigenvalue weighted by atomic mass is 16.1. The minimum absolute atomic E-state index is 0.0638. The zero-order chi connectivity index (χ0) is 14.5. The third-order valence-corrected chi connectivity index (χ3v) is 3.57. The zero-order valence-electron chi connectivity index (χ0n) is 12.2. The molecule has 2 aromatic carbocycles. The lowest BCUT2D eigenvalue weighted by Crippen LogP contribution is -2.17. The summed E-state index contributed by atoms with van der Waals surface area (Å²) in [4.78, 5) is 11.5. The number of aryl methyl sites for hydroxylation is 1. The van der Waals surface area contributed by atoms with Crippen molar-refractivity contribution in [1.82, 2.24) is 5.32 Å². The van der Waals surface area contributed by atoms with E-state index < -0.39 is 0 Å². The van der Waals surface area contributed by atoms with E-state index in [0.717, 1.165) is 12.2 Å². The van der Waals surface area contributed by atoms with Gasteiger partial charge in [0.2, 0.25) is 0 Å². The van der Waals surface area contributed by atoms with Gasteiger partial charge in [-0.15, -0.1) is 0 Å². The van der Waals surface area contributed by atoms with Crippen molar-refractivity contribution in [3.05, 3.63) is 64.7 Å². The molecular weight excluding hydrogens is 248 g/mol. The first-order chi connectivity index (χ1) is 9.61. The van der Waals surface area contributed by atoms with Gasteiger partial charge in [0.1, 0.15) is 0 Å². The van der Waals surface area contributed by atoms with Crippen molar-refractivity contribution in [2.45, 2.75) is 20.4 Å². The Morgan fingerprint density at radius 1 is 1.05 bits per heavy atom. The van der Waals surface area contributed by atoms with E-state index in [1.165, 1.54) is 16.7 Å². The summed E-state index contributed by atoms with van der Waals surface area (Å²) >= 11 is 0. The molecule has 3 heteroatoms. The molecule has 104 valence electrons. The van der Waals surface area contributed by atoms with Gasteiger partial charge < -0.3 is 10.6 Å². The number of benzene rings is 2. The van der Waals surface area contributed by atoms with Crippen LogP contribution in [0.1, 0.15) is 27.0 Å². The molecule has 3 nitrogen and oxygen atoms in total. The zero-order valence-corrected chi connectivity index (χ0v) is 12.2. The van der Waals surface area contributed by atoms with Crippen LogP contribution in [0.2, 0.25) is 0 Å². The van der Waals surface area contributed by atoms with Crippen LogP contribution < -0.4 is 10.6 Å². The molecule has 0 aliphatic rings. The fourth-order valence-corrected chi connectivity index (χ4v) is 2.08. The number of hydrogen-bond donors (Lipinski definition) is 2. The first kappa shape index (κ1) is 14.1. The molecule has 0 aromatic heterocycles. The van der Waals surface area contributed by atoms with E-state index in [-0.39, 0.29) is 5.91 Å². The summed E-state index contributed by atoms with van der Waals surface area (Å²) in [6, 6.07) is 13.8. The highest BCUT2D eigenvalue weighted by molar-refractivity contribution is 5.94. The van der Waals surface area contributed by atoms with Gasteiger partial charge in [-0.05, 0) is 54.8 Å². The Morgan fingerprint density at radius 2 is 1.75 bits per heavy atom. The molecule has 2 aromatic rings. The molecule has 2 N–H and O–H groups in total. The molecule has 0 fully saturated rings. The van der Waals surface area contributed by atoms with Crippen molar-refractivity contribution in [3.8, 4) is 0 Å². The molecule has 2 rings (SSSR count). The molecule has 0 atom stereocenters. The lowest BCUT2D eigenvalue weighted by Gasteiger charge is -2.11. The molecule has 0 saturated carbocycles. The average Bonchev–Trinajstić information content (AvgIpc) is 2.48. The van der Waals surface area contributed by atoms with Crippen molar-refractivity contribution in [3.63, 3.8) is 0 Å². The number of carbonyl (C=O) groups excluding carboxylic acids is 1. The third kappa shape index (κ3) is 3.18. The van der Waals surface area contributed by atoms with Gasteiger partial charge in [-0.3, -0.25) is 4.79 Å². The van der Waals surface area contributed by atoms with Crippen molar-refractivity contribution >= 4 is 11.6 Å². The largest absolute Gasteiger partial charge is 0.381 e. The number of rotatable bonds is 4. The van der Waals surface area contributed by atoms with E-state index in [0.29, 0.717) is 5.56 Å². The fourth-order valence-electron chi connectivity index (χ4n) is 2.08. The lowest BCUT2D eigenvalue weighted by molar-refractivity contribution is 0.0963. The summed E-state index contributed by atoms with van der Waals surface area (Å²) < 4.78 is 0. The quantitative estimate of drug-likeness (QED) is 0.893. The molecule has 0 saturated heterocycles. The van der Waals surface area contributed by atoms with E-state index in [1.54, 1.807) is 7.05 Å². The van der Waals surface area contributed by atoms with E-state index in [4.69, 9.17) is 0 Å². The van der Waals surface area contributed by atoms with Crippen LogP contribution in [0.5, 0.6) is 0 Å². The Balaban J connectivity index is 2.04. The second-order valence-electron chi connectivity index (χ2n) is 4.87. The Hall–Kier alpha value is -2.29. The maximum Gasteiger partial charge on any atom is 0.251 e. The number of nitrogens with one attached hydrogen (secondary N) is 2. The van der Waals surface area contributed by atoms with Gasteiger partial charge in [0.15, 0.2) is 0 Å². The van der Waals surface area contributed by atoms with Gasteiger partial charge in [0.05, 0.1) is 0 Å². The molecule has 0 aliphatic heterocycles. The third-order valence-electron chi connectivity index (χ3n) is 3.57. The summed E-state index contributed by atoms with van der Waals surface area (Å²) in [5, 5.41) is 5.99. The second-order valence-corrected chi connectivity index (χ2v) is 4.87. The molecule has 0 unspecified atom stereocenters. The van der Waals surface area contributed by atoms with Gasteiger partial charge in [0.25, 0.3) is 5.91 Å². The molecule has 20 heavy (non-hydrogen) atoms. The summed E-state index contributed by atoms with van der Waals surface area (Å²) in [6.07, 6.45) is 0. The number of hydrogen-bond acceptors (Lipinski definition) is 2. The van der Waals surface area contributed by atoms with Crippen LogP contribution in [0.15, 0.2) is 42.5 Å². The smallest absolute Gasteiger partial charge is 0.251 e. The van der Waals surface area contributed by atoms with Crippen molar-refractivity contribution in [1.29, 1.82) is 0 Å². The molecule has 1 amide bonds. The van der Waals surface area contributed by atoms with Crippen molar-refractivity contribution in [2.75, 3.05) is 12.4 Å². The maximum absolute atomic E-state index is 11.5. The van der Waals surface area contributed by atoms with Crippen molar-refractivity contribution < 1.29 is 4.79 Å². The summed E-state index contributed by atoms with van der Waals surface area (Å²) in [6.45, 7) is 5.05. The average molecular weight is 268 g/mol. The number of amides is 1. The lowest BCUT2D eigenvalue weighted by atomic mass is 10.0. The van der Waals surface area contributed by atoms with Gasteiger partial charge in [0, 0.05) is 24.8 Å². The van der Waals surface area contributed by atoms with Crippen LogP contribution in [0.4, 0.5) is 5.69 Å². The van der Waals surface area contributed by atoms with Gasteiger partial charge >= 0.3 is 0 Å². The second kappa shape index (κ2) is 6.24. The van der Waals surface area contributed by atoms with E-state index in [2.05, 4.69) is 42.7 Å². The van der Waals surface area contributed by atoms with Crippen molar-refractivity contribution in [2.24, 2.45) is 0 Å². The van der Waals surface area contributed by atoms with Gasteiger partial charge in [-0.25, -0.2) is 0 Å². The molecule has 0 bridgehead atoms. The van der Waals surface area contributed by atoms with Crippen LogP contribution in [-0.4, -0.2) is 13.0 Å². The predicted molar refractivity (Wildman–Crippen MR) is 83.1 cm³/mol. The summed E-state index contributed by atoms with van der Waals surface area (Å²) in [5.41, 5.74) is 5.60. The van der Waals surface area contributed by atoms with Crippen LogP contribution in [0.3, 0.4) is 0 Å². The SMILES string of the molecule is CNC(=O)c1ccc(NCc2cccc(C)c2C)cc1. The molecular formula is C17H20N2O. The topological polar surface area (TPSA) is 41.1 Å². The van der Waals surface area contributed by atoms with Crippen LogP contribution in [0.25, 0.3) is 0 Å². The predicted octanol–water partition coefficient (Wildman–Crippen LogP) is 3.28. The highest BCUT2D eigenvalue weighted by Gasteiger charge is 2.03. The number of anilines is 1. The first-order valence-corrected chi connectivity index (χ1v) is 6.73. The summed E-state index contributed by atoms with van der Waals surface area (Å²) in [5.74, 6) is -0.0638. The Kier molecular flexibility index (Phi) is 4.41. The van der Waals surface area contributed by atoms with E-state index in [9.17, 15) is 4.79 Å². The molecule has 0 radical (unpaired) electrons. The molecule has 0 spiro atoms. The maximum atomic E-state index is 11.5. The van der Waals surface area contributed by atoms with Crippen LogP contribution >= 0.6 is 0 Å². The van der Waals surface area contributed by atoms with Gasteiger partial charge in [-0.2, -0.15) is 0 Å². The fraction of sp³-hybridized carbons (Fsp3) is 0.235. The molecule has 0 aliphatic carbocycles. The van der Waals surface area contributed by atoms with E-state index >= 15 is 0 Å². The standard InChI is InChI=1S/C17H20N2O/c1-12-5-4-6-15(13(12)2)11-19-16-9-7-14(8-10-16)17(20)18-3/h4-10,19H,11H2,1-3H3,(H,18,20). The monoisotopic (exact) mass is 268 g/mol. The van der Waals surface area contributed by atoms with Crippen LogP contribution in [0, 0.1) is 13.8 Å². The highest BCUT2D eigenvalue weighted by Crippen LogP contribution is 2.15. The normalized spacial score (nSPS) is 10.2. The minimum Gasteiger partial charge on any atom is -0.381 e. The first-order valence-electron chi connectivity index (χ1n) is 6.73. The minimum atomic E-state index is -0.0638. The van der Waals surface area contributed by atoms with Gasteiger partial charge in [-0.1, -0.05) is 18.2 Å². The Labute approximate surface area is 120 Å².